The number of anilines is 1. The van der Waals surface area contributed by atoms with Crippen LogP contribution in [-0.2, 0) is 12.6 Å². The van der Waals surface area contributed by atoms with Crippen molar-refractivity contribution >= 4 is 16.7 Å². The van der Waals surface area contributed by atoms with Gasteiger partial charge in [0.25, 0.3) is 0 Å². The van der Waals surface area contributed by atoms with E-state index in [1.807, 2.05) is 37.5 Å². The van der Waals surface area contributed by atoms with E-state index in [1.165, 1.54) is 0 Å². The van der Waals surface area contributed by atoms with Gasteiger partial charge in [-0.05, 0) is 36.6 Å². The predicted molar refractivity (Wildman–Crippen MR) is 114 cm³/mol. The number of aryl methyl sites for hydroxylation is 1. The fourth-order valence-electron chi connectivity index (χ4n) is 4.37. The molecule has 0 amide bonds. The summed E-state index contributed by atoms with van der Waals surface area (Å²) in [4.78, 5) is 6.14. The van der Waals surface area contributed by atoms with Gasteiger partial charge in [-0.25, -0.2) is 0 Å². The Morgan fingerprint density at radius 3 is 2.77 bits per heavy atom. The number of nitrogen functional groups attached to an aromatic ring is 1. The normalized spacial score (nSPS) is 20.2. The summed E-state index contributed by atoms with van der Waals surface area (Å²) in [5.41, 5.74) is 9.67. The van der Waals surface area contributed by atoms with Crippen molar-refractivity contribution in [2.75, 3.05) is 5.73 Å². The van der Waals surface area contributed by atoms with Crippen LogP contribution < -0.4 is 5.73 Å². The van der Waals surface area contributed by atoms with Crippen molar-refractivity contribution in [3.8, 4) is 34.5 Å². The van der Waals surface area contributed by atoms with Crippen LogP contribution in [0.2, 0.25) is 0 Å². The smallest absolute Gasteiger partial charge is 0.153 e. The molecule has 4 aromatic rings. The number of nitrogens with zero attached hydrogens (tertiary/aromatic N) is 8. The Morgan fingerprint density at radius 2 is 2.06 bits per heavy atom. The van der Waals surface area contributed by atoms with Gasteiger partial charge in [-0.1, -0.05) is 6.07 Å². The number of fused-ring (bicyclic) bond motifs is 1. The van der Waals surface area contributed by atoms with Crippen molar-refractivity contribution in [1.29, 1.82) is 10.5 Å². The molecule has 1 aromatic carbocycles. The summed E-state index contributed by atoms with van der Waals surface area (Å²) >= 11 is 0. The maximum Gasteiger partial charge on any atom is 0.153 e. The van der Waals surface area contributed by atoms with Crippen LogP contribution in [0.5, 0.6) is 0 Å². The average Bonchev–Trinajstić information content (AvgIpc) is 3.36. The van der Waals surface area contributed by atoms with E-state index in [2.05, 4.69) is 27.3 Å². The quantitative estimate of drug-likeness (QED) is 0.547. The molecule has 3 aromatic heterocycles. The van der Waals surface area contributed by atoms with Gasteiger partial charge >= 0.3 is 0 Å². The molecule has 31 heavy (non-hydrogen) atoms. The van der Waals surface area contributed by atoms with Gasteiger partial charge in [-0.2, -0.15) is 30.6 Å². The van der Waals surface area contributed by atoms with Gasteiger partial charge in [0.1, 0.15) is 5.69 Å². The van der Waals surface area contributed by atoms with Crippen LogP contribution in [0.1, 0.15) is 19.3 Å². The molecule has 152 valence electrons. The fourth-order valence-corrected chi connectivity index (χ4v) is 4.37. The lowest BCUT2D eigenvalue weighted by atomic mass is 9.68. The fraction of sp³-hybridized carbons (Fsp3) is 0.273. The number of nitriles is 2. The molecule has 0 bridgehead atoms. The molecule has 9 heteroatoms. The van der Waals surface area contributed by atoms with E-state index in [4.69, 9.17) is 10.8 Å². The number of hydrogen-bond donors (Lipinski definition) is 1. The molecule has 1 fully saturated rings. The summed E-state index contributed by atoms with van der Waals surface area (Å²) < 4.78 is 1.68. The van der Waals surface area contributed by atoms with E-state index in [0.717, 1.165) is 27.6 Å². The molecule has 0 radical (unpaired) electrons. The van der Waals surface area contributed by atoms with Gasteiger partial charge in [-0.15, -0.1) is 0 Å². The van der Waals surface area contributed by atoms with Crippen molar-refractivity contribution in [2.24, 2.45) is 13.0 Å². The van der Waals surface area contributed by atoms with Crippen molar-refractivity contribution in [3.63, 3.8) is 0 Å². The van der Waals surface area contributed by atoms with Crippen LogP contribution in [0.4, 0.5) is 5.82 Å². The third-order valence-corrected chi connectivity index (χ3v) is 5.92. The maximum atomic E-state index is 9.31. The Labute approximate surface area is 178 Å². The highest BCUT2D eigenvalue weighted by molar-refractivity contribution is 5.97. The van der Waals surface area contributed by atoms with Crippen molar-refractivity contribution in [1.82, 2.24) is 29.8 Å². The Bertz CT molecular complexity index is 1380. The van der Waals surface area contributed by atoms with E-state index >= 15 is 0 Å². The third kappa shape index (κ3) is 2.99. The van der Waals surface area contributed by atoms with E-state index in [-0.39, 0.29) is 12.3 Å². The molecule has 1 aliphatic carbocycles. The zero-order chi connectivity index (χ0) is 21.6. The van der Waals surface area contributed by atoms with Crippen molar-refractivity contribution in [3.05, 3.63) is 42.9 Å². The molecular formula is C22H19N9. The highest BCUT2D eigenvalue weighted by atomic mass is 15.5. The highest BCUT2D eigenvalue weighted by Gasteiger charge is 2.48. The van der Waals surface area contributed by atoms with Gasteiger partial charge in [0.05, 0.1) is 41.7 Å². The van der Waals surface area contributed by atoms with Crippen molar-refractivity contribution in [2.45, 2.75) is 24.8 Å². The standard InChI is InChI=1S/C22H19N9/c1-30-13-18(21(25)29-30)15-7-17(16-3-2-6-26-19(16)8-15)20-12-27-31(28-20)22(4-5-23)9-14(10-22)11-24/h2-3,6-8,12-14H,4,9-10H2,1H3,(H2,25,29)/t14-,22+. The minimum Gasteiger partial charge on any atom is -0.382 e. The first-order valence-electron chi connectivity index (χ1n) is 9.91. The van der Waals surface area contributed by atoms with E-state index in [0.29, 0.717) is 24.4 Å². The number of rotatable bonds is 4. The number of pyridine rings is 1. The maximum absolute atomic E-state index is 9.31. The summed E-state index contributed by atoms with van der Waals surface area (Å²) in [5, 5.41) is 32.9. The van der Waals surface area contributed by atoms with Crippen LogP contribution in [0, 0.1) is 28.6 Å². The molecule has 5 rings (SSSR count). The SMILES string of the molecule is Cn1cc(-c2cc(-c3cnn([C@]4(CC#N)C[C@H](C#N)C4)n3)c3cccnc3c2)c(N)n1. The van der Waals surface area contributed by atoms with Crippen LogP contribution in [0.15, 0.2) is 42.9 Å². The molecule has 2 N–H and O–H groups in total. The summed E-state index contributed by atoms with van der Waals surface area (Å²) in [6, 6.07) is 12.4. The van der Waals surface area contributed by atoms with Gasteiger partial charge in [0.2, 0.25) is 0 Å². The Morgan fingerprint density at radius 1 is 1.23 bits per heavy atom. The molecule has 0 aliphatic heterocycles. The Balaban J connectivity index is 1.64. The molecule has 0 atom stereocenters. The van der Waals surface area contributed by atoms with Crippen LogP contribution in [-0.4, -0.2) is 29.8 Å². The molecular weight excluding hydrogens is 390 g/mol. The van der Waals surface area contributed by atoms with Crippen molar-refractivity contribution < 1.29 is 0 Å². The lowest BCUT2D eigenvalue weighted by Gasteiger charge is -2.42. The first-order chi connectivity index (χ1) is 15.0. The van der Waals surface area contributed by atoms with Gasteiger partial charge in [0.15, 0.2) is 5.82 Å². The lowest BCUT2D eigenvalue weighted by molar-refractivity contribution is 0.0713. The molecule has 9 nitrogen and oxygen atoms in total. The second kappa shape index (κ2) is 6.92. The topological polar surface area (TPSA) is 135 Å². The molecule has 0 saturated heterocycles. The molecule has 0 unspecified atom stereocenters. The number of benzene rings is 1. The number of hydrogen-bond acceptors (Lipinski definition) is 7. The zero-order valence-electron chi connectivity index (χ0n) is 16.9. The Hall–Kier alpha value is -4.24. The monoisotopic (exact) mass is 409 g/mol. The van der Waals surface area contributed by atoms with Crippen LogP contribution in [0.25, 0.3) is 33.3 Å². The molecule has 1 aliphatic rings. The predicted octanol–water partition coefficient (Wildman–Crippen LogP) is 3.02. The Kier molecular flexibility index (Phi) is 4.19. The lowest BCUT2D eigenvalue weighted by Crippen LogP contribution is -2.47. The summed E-state index contributed by atoms with van der Waals surface area (Å²) in [5.74, 6) is 0.377. The van der Waals surface area contributed by atoms with E-state index in [1.54, 1.807) is 21.9 Å². The van der Waals surface area contributed by atoms with E-state index < -0.39 is 5.54 Å². The minimum atomic E-state index is -0.521. The second-order valence-electron chi connectivity index (χ2n) is 8.01. The minimum absolute atomic E-state index is 0.0651. The second-order valence-corrected chi connectivity index (χ2v) is 8.01. The van der Waals surface area contributed by atoms with E-state index in [9.17, 15) is 10.5 Å². The van der Waals surface area contributed by atoms with Crippen LogP contribution >= 0.6 is 0 Å². The third-order valence-electron chi connectivity index (χ3n) is 5.92. The van der Waals surface area contributed by atoms with Gasteiger partial charge in [-0.3, -0.25) is 9.67 Å². The van der Waals surface area contributed by atoms with Gasteiger partial charge < -0.3 is 5.73 Å². The largest absolute Gasteiger partial charge is 0.382 e. The zero-order valence-corrected chi connectivity index (χ0v) is 16.9. The average molecular weight is 409 g/mol. The first-order valence-corrected chi connectivity index (χ1v) is 9.91. The first kappa shape index (κ1) is 18.8. The number of nitrogens with two attached hydrogens (primary N) is 1. The highest BCUT2D eigenvalue weighted by Crippen LogP contribution is 2.45. The summed E-state index contributed by atoms with van der Waals surface area (Å²) in [7, 11) is 1.83. The number of aromatic nitrogens is 6. The van der Waals surface area contributed by atoms with Gasteiger partial charge in [0, 0.05) is 36.0 Å². The molecule has 3 heterocycles. The molecule has 1 saturated carbocycles. The summed E-state index contributed by atoms with van der Waals surface area (Å²) in [6.45, 7) is 0. The summed E-state index contributed by atoms with van der Waals surface area (Å²) in [6.07, 6.45) is 6.76. The van der Waals surface area contributed by atoms with Crippen LogP contribution in [0.3, 0.4) is 0 Å². The molecule has 0 spiro atoms.